The fourth-order valence-corrected chi connectivity index (χ4v) is 3.86. The molecule has 24 heavy (non-hydrogen) atoms. The molecule has 2 aromatic rings. The van der Waals surface area contributed by atoms with Crippen LogP contribution in [-0.4, -0.2) is 30.5 Å². The highest BCUT2D eigenvalue weighted by atomic mass is 15.0. The quantitative estimate of drug-likeness (QED) is 0.719. The number of rotatable bonds is 7. The smallest absolute Gasteiger partial charge is 0.0478 e. The molecule has 0 bridgehead atoms. The van der Waals surface area contributed by atoms with Crippen LogP contribution in [0.1, 0.15) is 48.9 Å². The molecular weight excluding hydrogens is 292 g/mol. The lowest BCUT2D eigenvalue weighted by Gasteiger charge is -2.20. The van der Waals surface area contributed by atoms with Crippen molar-refractivity contribution < 1.29 is 0 Å². The van der Waals surface area contributed by atoms with Gasteiger partial charge in [0.15, 0.2) is 0 Å². The highest BCUT2D eigenvalue weighted by Gasteiger charge is 2.27. The molecule has 0 fully saturated rings. The van der Waals surface area contributed by atoms with Gasteiger partial charge in [0.1, 0.15) is 0 Å². The van der Waals surface area contributed by atoms with Crippen molar-refractivity contribution in [1.29, 1.82) is 0 Å². The Morgan fingerprint density at radius 2 is 1.88 bits per heavy atom. The van der Waals surface area contributed by atoms with Crippen molar-refractivity contribution in [3.8, 4) is 0 Å². The van der Waals surface area contributed by atoms with Gasteiger partial charge in [0, 0.05) is 17.8 Å². The first-order valence-corrected chi connectivity index (χ1v) is 9.06. The summed E-state index contributed by atoms with van der Waals surface area (Å²) in [5.41, 5.74) is 7.31. The molecule has 0 amide bonds. The second-order valence-electron chi connectivity index (χ2n) is 6.97. The predicted octanol–water partition coefficient (Wildman–Crippen LogP) is 4.93. The van der Waals surface area contributed by atoms with Crippen LogP contribution in [0.5, 0.6) is 0 Å². The third-order valence-corrected chi connectivity index (χ3v) is 4.98. The zero-order valence-corrected chi connectivity index (χ0v) is 15.1. The van der Waals surface area contributed by atoms with Crippen molar-refractivity contribution in [1.82, 2.24) is 9.88 Å². The maximum atomic E-state index is 4.67. The molecule has 2 heteroatoms. The van der Waals surface area contributed by atoms with E-state index < -0.39 is 0 Å². The van der Waals surface area contributed by atoms with Gasteiger partial charge in [0.25, 0.3) is 0 Å². The number of hydrogen-bond donors (Lipinski definition) is 0. The molecule has 0 saturated heterocycles. The molecule has 0 spiro atoms. The third-order valence-electron chi connectivity index (χ3n) is 4.98. The molecule has 1 aromatic heterocycles. The van der Waals surface area contributed by atoms with Gasteiger partial charge in [-0.3, -0.25) is 4.98 Å². The first kappa shape index (κ1) is 16.9. The Morgan fingerprint density at radius 1 is 1.08 bits per heavy atom. The summed E-state index contributed by atoms with van der Waals surface area (Å²) in [5.74, 6) is 0.407. The lowest BCUT2D eigenvalue weighted by Crippen LogP contribution is -2.13. The summed E-state index contributed by atoms with van der Waals surface area (Å²) in [4.78, 5) is 6.94. The summed E-state index contributed by atoms with van der Waals surface area (Å²) in [6.45, 7) is 3.43. The highest BCUT2D eigenvalue weighted by Crippen LogP contribution is 2.44. The van der Waals surface area contributed by atoms with Crippen LogP contribution in [0.4, 0.5) is 0 Å². The Balaban J connectivity index is 1.96. The molecule has 126 valence electrons. The summed E-state index contributed by atoms with van der Waals surface area (Å²) in [5, 5.41) is 0. The third kappa shape index (κ3) is 3.59. The van der Waals surface area contributed by atoms with Crippen LogP contribution in [0.15, 0.2) is 54.2 Å². The summed E-state index contributed by atoms with van der Waals surface area (Å²) < 4.78 is 0. The van der Waals surface area contributed by atoms with Crippen molar-refractivity contribution in [2.75, 3.05) is 20.6 Å². The van der Waals surface area contributed by atoms with E-state index in [-0.39, 0.29) is 0 Å². The fourth-order valence-electron chi connectivity index (χ4n) is 3.86. The Bertz CT molecular complexity index is 701. The number of hydrogen-bond acceptors (Lipinski definition) is 2. The van der Waals surface area contributed by atoms with Crippen LogP contribution in [0.3, 0.4) is 0 Å². The van der Waals surface area contributed by atoms with Gasteiger partial charge in [0.2, 0.25) is 0 Å². The van der Waals surface area contributed by atoms with E-state index in [1.54, 1.807) is 11.1 Å². The second kappa shape index (κ2) is 7.76. The summed E-state index contributed by atoms with van der Waals surface area (Å²) >= 11 is 0. The molecule has 0 saturated carbocycles. The van der Waals surface area contributed by atoms with Gasteiger partial charge in [-0.05, 0) is 75.2 Å². The van der Waals surface area contributed by atoms with Gasteiger partial charge in [-0.1, -0.05) is 42.8 Å². The largest absolute Gasteiger partial charge is 0.309 e. The summed E-state index contributed by atoms with van der Waals surface area (Å²) in [7, 11) is 4.31. The molecule has 1 heterocycles. The first-order chi connectivity index (χ1) is 11.7. The van der Waals surface area contributed by atoms with E-state index in [0.29, 0.717) is 5.92 Å². The Labute approximate surface area is 146 Å². The van der Waals surface area contributed by atoms with Gasteiger partial charge in [-0.2, -0.15) is 0 Å². The number of nitrogens with zero attached hydrogens (tertiary/aromatic N) is 2. The number of pyridine rings is 1. The van der Waals surface area contributed by atoms with Crippen LogP contribution in [0, 0.1) is 0 Å². The zero-order valence-electron chi connectivity index (χ0n) is 15.1. The van der Waals surface area contributed by atoms with Gasteiger partial charge >= 0.3 is 0 Å². The van der Waals surface area contributed by atoms with Crippen LogP contribution in [0.25, 0.3) is 5.57 Å². The summed E-state index contributed by atoms with van der Waals surface area (Å²) in [6, 6.07) is 15.2. The van der Waals surface area contributed by atoms with E-state index in [1.165, 1.54) is 29.7 Å². The maximum Gasteiger partial charge on any atom is 0.0478 e. The lowest BCUT2D eigenvalue weighted by molar-refractivity contribution is 0.399. The monoisotopic (exact) mass is 320 g/mol. The molecule has 1 aliphatic rings. The van der Waals surface area contributed by atoms with E-state index in [1.807, 2.05) is 12.3 Å². The van der Waals surface area contributed by atoms with Crippen molar-refractivity contribution in [3.63, 3.8) is 0 Å². The molecule has 1 atom stereocenters. The molecule has 1 unspecified atom stereocenters. The number of benzene rings is 1. The molecule has 2 nitrogen and oxygen atoms in total. The first-order valence-electron chi connectivity index (χ1n) is 9.06. The average molecular weight is 320 g/mol. The molecule has 1 aliphatic carbocycles. The van der Waals surface area contributed by atoms with E-state index in [0.717, 1.165) is 19.4 Å². The maximum absolute atomic E-state index is 4.67. The molecule has 3 rings (SSSR count). The number of fused-ring (bicyclic) bond motifs is 1. The minimum absolute atomic E-state index is 0.407. The van der Waals surface area contributed by atoms with Gasteiger partial charge in [-0.25, -0.2) is 0 Å². The Kier molecular flexibility index (Phi) is 5.47. The van der Waals surface area contributed by atoms with Crippen molar-refractivity contribution in [3.05, 3.63) is 71.1 Å². The van der Waals surface area contributed by atoms with E-state index in [4.69, 9.17) is 0 Å². The fraction of sp³-hybridized carbons (Fsp3) is 0.409. The SMILES string of the molecule is CCC(C1=C(CCCN(C)C)Cc2ccccc21)c1ccccn1. The normalized spacial score (nSPS) is 15.0. The predicted molar refractivity (Wildman–Crippen MR) is 102 cm³/mol. The molecule has 0 N–H and O–H groups in total. The summed E-state index contributed by atoms with van der Waals surface area (Å²) in [6.07, 6.45) is 6.54. The van der Waals surface area contributed by atoms with Crippen molar-refractivity contribution in [2.24, 2.45) is 0 Å². The highest BCUT2D eigenvalue weighted by molar-refractivity contribution is 5.80. The molecular formula is C22H28N2. The van der Waals surface area contributed by atoms with Gasteiger partial charge in [0.05, 0.1) is 0 Å². The Morgan fingerprint density at radius 3 is 2.58 bits per heavy atom. The Hall–Kier alpha value is -1.93. The van der Waals surface area contributed by atoms with Crippen molar-refractivity contribution >= 4 is 5.57 Å². The van der Waals surface area contributed by atoms with Gasteiger partial charge in [-0.15, -0.1) is 0 Å². The van der Waals surface area contributed by atoms with Crippen LogP contribution < -0.4 is 0 Å². The minimum atomic E-state index is 0.407. The number of aromatic nitrogens is 1. The van der Waals surface area contributed by atoms with Crippen LogP contribution in [-0.2, 0) is 6.42 Å². The lowest BCUT2D eigenvalue weighted by atomic mass is 9.86. The second-order valence-corrected chi connectivity index (χ2v) is 6.97. The standard InChI is InChI=1S/C22H28N2/c1-4-19(21-13-7-8-14-23-21)22-18(11-9-15-24(2)3)16-17-10-5-6-12-20(17)22/h5-8,10,12-14,19H,4,9,11,15-16H2,1-3H3. The van der Waals surface area contributed by atoms with Crippen LogP contribution in [0.2, 0.25) is 0 Å². The van der Waals surface area contributed by atoms with Crippen LogP contribution >= 0.6 is 0 Å². The molecule has 1 aromatic carbocycles. The molecule has 0 radical (unpaired) electrons. The van der Waals surface area contributed by atoms with E-state index >= 15 is 0 Å². The zero-order chi connectivity index (χ0) is 16.9. The topological polar surface area (TPSA) is 16.1 Å². The van der Waals surface area contributed by atoms with E-state index in [2.05, 4.69) is 67.3 Å². The minimum Gasteiger partial charge on any atom is -0.309 e. The molecule has 0 aliphatic heterocycles. The van der Waals surface area contributed by atoms with Gasteiger partial charge < -0.3 is 4.90 Å². The number of allylic oxidation sites excluding steroid dienone is 2. The average Bonchev–Trinajstić information content (AvgIpc) is 2.95. The van der Waals surface area contributed by atoms with Crippen molar-refractivity contribution in [2.45, 2.75) is 38.5 Å². The van der Waals surface area contributed by atoms with E-state index in [9.17, 15) is 0 Å².